The molecular formula is C14H16FNO5. The zero-order chi connectivity index (χ0) is 15.6. The second-order valence-electron chi connectivity index (χ2n) is 4.81. The number of amides is 1. The number of carbonyl (C=O) groups excluding carboxylic acids is 1. The van der Waals surface area contributed by atoms with Crippen LogP contribution in [0, 0.1) is 11.7 Å². The van der Waals surface area contributed by atoms with Crippen LogP contribution < -0.4 is 14.8 Å². The lowest BCUT2D eigenvalue weighted by atomic mass is 10.1. The van der Waals surface area contributed by atoms with Gasteiger partial charge in [0.15, 0.2) is 11.5 Å². The molecule has 1 aromatic carbocycles. The smallest absolute Gasteiger partial charge is 0.326 e. The number of rotatable bonds is 6. The van der Waals surface area contributed by atoms with Gasteiger partial charge in [-0.2, -0.15) is 0 Å². The van der Waals surface area contributed by atoms with Gasteiger partial charge in [0, 0.05) is 6.07 Å². The van der Waals surface area contributed by atoms with E-state index in [1.165, 1.54) is 20.3 Å². The van der Waals surface area contributed by atoms with E-state index in [1.807, 2.05) is 0 Å². The van der Waals surface area contributed by atoms with E-state index in [0.717, 1.165) is 18.9 Å². The first-order chi connectivity index (χ1) is 9.97. The molecule has 0 radical (unpaired) electrons. The Hall–Kier alpha value is -2.31. The summed E-state index contributed by atoms with van der Waals surface area (Å²) < 4.78 is 23.9. The minimum Gasteiger partial charge on any atom is -0.493 e. The van der Waals surface area contributed by atoms with Crippen molar-refractivity contribution in [2.45, 2.75) is 18.9 Å². The predicted octanol–water partition coefficient (Wildman–Crippen LogP) is 1.44. The molecule has 0 spiro atoms. The molecule has 2 rings (SSSR count). The Morgan fingerprint density at radius 2 is 1.86 bits per heavy atom. The Labute approximate surface area is 120 Å². The number of aliphatic carboxylic acids is 1. The van der Waals surface area contributed by atoms with Crippen molar-refractivity contribution >= 4 is 11.9 Å². The minimum atomic E-state index is -1.12. The fraction of sp³-hybridized carbons (Fsp3) is 0.429. The number of carboxylic acids is 1. The number of nitrogens with one attached hydrogen (secondary N) is 1. The number of carbonyl (C=O) groups is 2. The van der Waals surface area contributed by atoms with E-state index in [4.69, 9.17) is 14.6 Å². The predicted molar refractivity (Wildman–Crippen MR) is 71.1 cm³/mol. The largest absolute Gasteiger partial charge is 0.493 e. The van der Waals surface area contributed by atoms with E-state index in [1.54, 1.807) is 0 Å². The molecule has 114 valence electrons. The summed E-state index contributed by atoms with van der Waals surface area (Å²) in [6, 6.07) is 1.22. The summed E-state index contributed by atoms with van der Waals surface area (Å²) in [5, 5.41) is 11.4. The molecule has 7 heteroatoms. The summed E-state index contributed by atoms with van der Waals surface area (Å²) in [6.07, 6.45) is 1.48. The van der Waals surface area contributed by atoms with Gasteiger partial charge in [0.05, 0.1) is 19.8 Å². The molecule has 1 aliphatic rings. The van der Waals surface area contributed by atoms with E-state index in [-0.39, 0.29) is 23.0 Å². The first-order valence-corrected chi connectivity index (χ1v) is 6.43. The summed E-state index contributed by atoms with van der Waals surface area (Å²) in [5.74, 6) is -2.44. The molecule has 0 saturated heterocycles. The molecule has 1 unspecified atom stereocenters. The van der Waals surface area contributed by atoms with Crippen LogP contribution in [0.1, 0.15) is 23.2 Å². The van der Waals surface area contributed by atoms with Gasteiger partial charge in [-0.3, -0.25) is 4.79 Å². The van der Waals surface area contributed by atoms with Crippen LogP contribution in [0.3, 0.4) is 0 Å². The summed E-state index contributed by atoms with van der Waals surface area (Å²) in [6.45, 7) is 0. The molecule has 0 bridgehead atoms. The quantitative estimate of drug-likeness (QED) is 0.830. The van der Waals surface area contributed by atoms with Crippen LogP contribution in [0.4, 0.5) is 4.39 Å². The Morgan fingerprint density at radius 3 is 2.33 bits per heavy atom. The van der Waals surface area contributed by atoms with Crippen molar-refractivity contribution in [3.8, 4) is 11.5 Å². The third-order valence-corrected chi connectivity index (χ3v) is 3.36. The summed E-state index contributed by atoms with van der Waals surface area (Å²) in [7, 11) is 2.71. The molecule has 1 aliphatic carbocycles. The number of hydrogen-bond donors (Lipinski definition) is 2. The highest BCUT2D eigenvalue weighted by Crippen LogP contribution is 2.33. The molecule has 0 aliphatic heterocycles. The molecule has 1 amide bonds. The van der Waals surface area contributed by atoms with Gasteiger partial charge in [0.2, 0.25) is 0 Å². The van der Waals surface area contributed by atoms with Crippen LogP contribution >= 0.6 is 0 Å². The number of benzene rings is 1. The van der Waals surface area contributed by atoms with E-state index >= 15 is 0 Å². The average molecular weight is 297 g/mol. The maximum absolute atomic E-state index is 13.9. The Balaban J connectivity index is 2.24. The number of hydrogen-bond acceptors (Lipinski definition) is 4. The second-order valence-corrected chi connectivity index (χ2v) is 4.81. The average Bonchev–Trinajstić information content (AvgIpc) is 3.28. The van der Waals surface area contributed by atoms with Crippen molar-refractivity contribution in [3.05, 3.63) is 23.5 Å². The van der Waals surface area contributed by atoms with Crippen molar-refractivity contribution in [2.75, 3.05) is 14.2 Å². The van der Waals surface area contributed by atoms with E-state index in [2.05, 4.69) is 5.32 Å². The monoisotopic (exact) mass is 297 g/mol. The van der Waals surface area contributed by atoms with Crippen LogP contribution in [0.2, 0.25) is 0 Å². The van der Waals surface area contributed by atoms with Gasteiger partial charge in [-0.05, 0) is 24.8 Å². The molecule has 1 fully saturated rings. The fourth-order valence-corrected chi connectivity index (χ4v) is 2.06. The van der Waals surface area contributed by atoms with Crippen molar-refractivity contribution < 1.29 is 28.6 Å². The molecule has 1 saturated carbocycles. The van der Waals surface area contributed by atoms with Crippen molar-refractivity contribution in [3.63, 3.8) is 0 Å². The Bertz CT molecular complexity index is 571. The van der Waals surface area contributed by atoms with Crippen LogP contribution in [-0.4, -0.2) is 37.2 Å². The summed E-state index contributed by atoms with van der Waals surface area (Å²) in [5.41, 5.74) is -0.278. The normalized spacial score (nSPS) is 15.2. The van der Waals surface area contributed by atoms with Crippen molar-refractivity contribution in [1.82, 2.24) is 5.32 Å². The number of halogens is 1. The van der Waals surface area contributed by atoms with Gasteiger partial charge in [0.1, 0.15) is 11.9 Å². The lowest BCUT2D eigenvalue weighted by Gasteiger charge is -2.15. The molecule has 1 aromatic rings. The van der Waals surface area contributed by atoms with Gasteiger partial charge >= 0.3 is 5.97 Å². The molecule has 0 heterocycles. The first-order valence-electron chi connectivity index (χ1n) is 6.43. The van der Waals surface area contributed by atoms with Crippen LogP contribution in [0.25, 0.3) is 0 Å². The number of carboxylic acid groups (broad SMARTS) is 1. The lowest BCUT2D eigenvalue weighted by Crippen LogP contribution is -2.42. The van der Waals surface area contributed by atoms with Gasteiger partial charge < -0.3 is 19.9 Å². The zero-order valence-corrected chi connectivity index (χ0v) is 11.7. The van der Waals surface area contributed by atoms with E-state index in [0.29, 0.717) is 0 Å². The van der Waals surface area contributed by atoms with E-state index < -0.39 is 23.7 Å². The SMILES string of the molecule is COc1cc(F)c(C(=O)NC(C(=O)O)C2CC2)cc1OC. The zero-order valence-electron chi connectivity index (χ0n) is 11.7. The maximum atomic E-state index is 13.9. The molecule has 6 nitrogen and oxygen atoms in total. The number of ether oxygens (including phenoxy) is 2. The molecule has 21 heavy (non-hydrogen) atoms. The first kappa shape index (κ1) is 15.1. The van der Waals surface area contributed by atoms with Crippen LogP contribution in [-0.2, 0) is 4.79 Å². The number of methoxy groups -OCH3 is 2. The summed E-state index contributed by atoms with van der Waals surface area (Å²) in [4.78, 5) is 23.2. The van der Waals surface area contributed by atoms with E-state index in [9.17, 15) is 14.0 Å². The molecule has 1 atom stereocenters. The lowest BCUT2D eigenvalue weighted by molar-refractivity contribution is -0.139. The van der Waals surface area contributed by atoms with Gasteiger partial charge in [-0.25, -0.2) is 9.18 Å². The van der Waals surface area contributed by atoms with Gasteiger partial charge in [0.25, 0.3) is 5.91 Å². The third-order valence-electron chi connectivity index (χ3n) is 3.36. The van der Waals surface area contributed by atoms with Gasteiger partial charge in [-0.15, -0.1) is 0 Å². The molecular weight excluding hydrogens is 281 g/mol. The standard InChI is InChI=1S/C14H16FNO5/c1-20-10-5-8(9(15)6-11(10)21-2)13(17)16-12(14(18)19)7-3-4-7/h5-7,12H,3-4H2,1-2H3,(H,16,17)(H,18,19). The minimum absolute atomic E-state index is 0.0883. The molecule has 2 N–H and O–H groups in total. The van der Waals surface area contributed by atoms with Crippen LogP contribution in [0.15, 0.2) is 12.1 Å². The van der Waals surface area contributed by atoms with Crippen molar-refractivity contribution in [2.24, 2.45) is 5.92 Å². The highest BCUT2D eigenvalue weighted by molar-refractivity contribution is 5.97. The second kappa shape index (κ2) is 5.99. The van der Waals surface area contributed by atoms with Gasteiger partial charge in [-0.1, -0.05) is 0 Å². The maximum Gasteiger partial charge on any atom is 0.326 e. The fourth-order valence-electron chi connectivity index (χ4n) is 2.06. The Morgan fingerprint density at radius 1 is 1.29 bits per heavy atom. The Kier molecular flexibility index (Phi) is 4.30. The third kappa shape index (κ3) is 3.24. The van der Waals surface area contributed by atoms with Crippen LogP contribution in [0.5, 0.6) is 11.5 Å². The highest BCUT2D eigenvalue weighted by Gasteiger charge is 2.37. The topological polar surface area (TPSA) is 84.9 Å². The molecule has 0 aromatic heterocycles. The summed E-state index contributed by atoms with van der Waals surface area (Å²) >= 11 is 0. The van der Waals surface area contributed by atoms with Crippen molar-refractivity contribution in [1.29, 1.82) is 0 Å². The highest BCUT2D eigenvalue weighted by atomic mass is 19.1.